The van der Waals surface area contributed by atoms with Gasteiger partial charge in [0.15, 0.2) is 0 Å². The van der Waals surface area contributed by atoms with E-state index in [1.54, 1.807) is 20.8 Å². The summed E-state index contributed by atoms with van der Waals surface area (Å²) >= 11 is 0. The molecule has 0 fully saturated rings. The third-order valence-electron chi connectivity index (χ3n) is 3.05. The number of nitrogens with two attached hydrogens (primary N) is 3. The van der Waals surface area contributed by atoms with Crippen LogP contribution in [0.2, 0.25) is 0 Å². The van der Waals surface area contributed by atoms with Gasteiger partial charge in [0.2, 0.25) is 0 Å². The second kappa shape index (κ2) is 8.04. The zero-order chi connectivity index (χ0) is 18.4. The van der Waals surface area contributed by atoms with Crippen molar-refractivity contribution < 1.29 is 28.6 Å². The van der Waals surface area contributed by atoms with Gasteiger partial charge in [0.05, 0.1) is 36.9 Å². The largest absolute Gasteiger partial charge is 0.462 e. The lowest BCUT2D eigenvalue weighted by molar-refractivity contribution is 0.0528. The Morgan fingerprint density at radius 2 is 0.833 bits per heavy atom. The highest BCUT2D eigenvalue weighted by molar-refractivity contribution is 6.17. The number of ether oxygens (including phenoxy) is 3. The van der Waals surface area contributed by atoms with E-state index in [2.05, 4.69) is 0 Å². The molecule has 0 aliphatic rings. The SMILES string of the molecule is CCOC(=O)c1c(N)c(C(=O)OCC)c(N)c(C(=O)OCC)c1N. The highest BCUT2D eigenvalue weighted by Gasteiger charge is 2.31. The first-order valence-corrected chi connectivity index (χ1v) is 7.33. The van der Waals surface area contributed by atoms with Gasteiger partial charge in [-0.2, -0.15) is 0 Å². The van der Waals surface area contributed by atoms with Crippen LogP contribution in [0.25, 0.3) is 0 Å². The van der Waals surface area contributed by atoms with E-state index in [4.69, 9.17) is 31.4 Å². The van der Waals surface area contributed by atoms with Crippen molar-refractivity contribution in [2.75, 3.05) is 37.0 Å². The van der Waals surface area contributed by atoms with E-state index in [0.29, 0.717) is 0 Å². The fraction of sp³-hybridized carbons (Fsp3) is 0.400. The van der Waals surface area contributed by atoms with E-state index in [1.165, 1.54) is 0 Å². The third-order valence-corrected chi connectivity index (χ3v) is 3.05. The normalized spacial score (nSPS) is 10.1. The van der Waals surface area contributed by atoms with Gasteiger partial charge < -0.3 is 31.4 Å². The minimum atomic E-state index is -0.886. The molecule has 0 atom stereocenters. The summed E-state index contributed by atoms with van der Waals surface area (Å²) in [7, 11) is 0. The minimum Gasteiger partial charge on any atom is -0.462 e. The average molecular weight is 339 g/mol. The van der Waals surface area contributed by atoms with Crippen molar-refractivity contribution in [3.8, 4) is 0 Å². The van der Waals surface area contributed by atoms with Crippen molar-refractivity contribution in [3.05, 3.63) is 16.7 Å². The Balaban J connectivity index is 3.74. The van der Waals surface area contributed by atoms with E-state index in [1.807, 2.05) is 0 Å². The average Bonchev–Trinajstić information content (AvgIpc) is 2.47. The molecule has 0 amide bonds. The maximum Gasteiger partial charge on any atom is 0.342 e. The van der Waals surface area contributed by atoms with Gasteiger partial charge in [-0.3, -0.25) is 0 Å². The van der Waals surface area contributed by atoms with Crippen LogP contribution in [0.5, 0.6) is 0 Å². The molecule has 0 spiro atoms. The summed E-state index contributed by atoms with van der Waals surface area (Å²) in [5, 5.41) is 0. The Labute approximate surface area is 139 Å². The van der Waals surface area contributed by atoms with Gasteiger partial charge >= 0.3 is 17.9 Å². The van der Waals surface area contributed by atoms with Crippen LogP contribution in [0.15, 0.2) is 0 Å². The van der Waals surface area contributed by atoms with Crippen LogP contribution < -0.4 is 17.2 Å². The number of benzene rings is 1. The number of rotatable bonds is 6. The second-order valence-electron chi connectivity index (χ2n) is 4.53. The maximum atomic E-state index is 12.1. The van der Waals surface area contributed by atoms with Crippen LogP contribution in [0.4, 0.5) is 17.1 Å². The van der Waals surface area contributed by atoms with Gasteiger partial charge in [0.1, 0.15) is 16.7 Å². The Hall–Kier alpha value is -2.97. The Bertz CT molecular complexity index is 560. The highest BCUT2D eigenvalue weighted by Crippen LogP contribution is 2.36. The van der Waals surface area contributed by atoms with Crippen LogP contribution in [0.3, 0.4) is 0 Å². The lowest BCUT2D eigenvalue weighted by atomic mass is 9.97. The van der Waals surface area contributed by atoms with Crippen LogP contribution >= 0.6 is 0 Å². The van der Waals surface area contributed by atoms with Gasteiger partial charge in [-0.05, 0) is 20.8 Å². The quantitative estimate of drug-likeness (QED) is 0.390. The molecule has 1 aromatic carbocycles. The fourth-order valence-corrected chi connectivity index (χ4v) is 2.08. The standard InChI is InChI=1S/C15H21N3O6/c1-4-22-13(19)7-10(16)8(14(20)23-5-2)12(18)9(11(7)17)15(21)24-6-3/h4-6,16-18H2,1-3H3. The molecule has 0 bridgehead atoms. The summed E-state index contributed by atoms with van der Waals surface area (Å²) in [4.78, 5) is 36.4. The molecule has 1 rings (SSSR count). The van der Waals surface area contributed by atoms with Crippen molar-refractivity contribution >= 4 is 35.0 Å². The molecule has 132 valence electrons. The Morgan fingerprint density at radius 3 is 1.00 bits per heavy atom. The number of carbonyl (C=O) groups excluding carboxylic acids is 3. The second-order valence-corrected chi connectivity index (χ2v) is 4.53. The minimum absolute atomic E-state index is 0.0472. The molecule has 24 heavy (non-hydrogen) atoms. The van der Waals surface area contributed by atoms with E-state index >= 15 is 0 Å². The lowest BCUT2D eigenvalue weighted by Crippen LogP contribution is -2.22. The van der Waals surface area contributed by atoms with E-state index < -0.39 is 17.9 Å². The predicted molar refractivity (Wildman–Crippen MR) is 87.5 cm³/mol. The molecule has 6 N–H and O–H groups in total. The number of carbonyl (C=O) groups is 3. The number of hydrogen-bond acceptors (Lipinski definition) is 9. The van der Waals surface area contributed by atoms with Gasteiger partial charge in [-0.25, -0.2) is 14.4 Å². The first-order chi connectivity index (χ1) is 11.3. The van der Waals surface area contributed by atoms with Crippen molar-refractivity contribution in [3.63, 3.8) is 0 Å². The van der Waals surface area contributed by atoms with E-state index in [9.17, 15) is 14.4 Å². The molecule has 0 saturated carbocycles. The molecular weight excluding hydrogens is 318 g/mol. The molecule has 9 nitrogen and oxygen atoms in total. The van der Waals surface area contributed by atoms with Crippen LogP contribution in [0, 0.1) is 0 Å². The topological polar surface area (TPSA) is 157 Å². The smallest absolute Gasteiger partial charge is 0.342 e. The van der Waals surface area contributed by atoms with Crippen LogP contribution in [0.1, 0.15) is 51.8 Å². The molecule has 0 aliphatic carbocycles. The number of nitrogen functional groups attached to an aromatic ring is 3. The molecule has 1 aromatic rings. The van der Waals surface area contributed by atoms with Gasteiger partial charge in [-0.15, -0.1) is 0 Å². The highest BCUT2D eigenvalue weighted by atomic mass is 16.5. The summed E-state index contributed by atoms with van der Waals surface area (Å²) in [6, 6.07) is 0. The summed E-state index contributed by atoms with van der Waals surface area (Å²) in [5.74, 6) is -2.66. The molecular formula is C15H21N3O6. The number of anilines is 3. The monoisotopic (exact) mass is 339 g/mol. The van der Waals surface area contributed by atoms with E-state index in [-0.39, 0.29) is 53.6 Å². The van der Waals surface area contributed by atoms with Crippen LogP contribution in [-0.4, -0.2) is 37.7 Å². The molecule has 0 heterocycles. The fourth-order valence-electron chi connectivity index (χ4n) is 2.08. The molecule has 0 radical (unpaired) electrons. The van der Waals surface area contributed by atoms with Crippen molar-refractivity contribution in [2.24, 2.45) is 0 Å². The summed E-state index contributed by atoms with van der Waals surface area (Å²) in [6.07, 6.45) is 0. The molecule has 0 aliphatic heterocycles. The summed E-state index contributed by atoms with van der Waals surface area (Å²) in [6.45, 7) is 4.89. The van der Waals surface area contributed by atoms with Gasteiger partial charge in [0, 0.05) is 0 Å². The maximum absolute atomic E-state index is 12.1. The lowest BCUT2D eigenvalue weighted by Gasteiger charge is -2.18. The third kappa shape index (κ3) is 3.50. The van der Waals surface area contributed by atoms with E-state index in [0.717, 1.165) is 0 Å². The first kappa shape index (κ1) is 19.1. The summed E-state index contributed by atoms with van der Waals surface area (Å²) in [5.41, 5.74) is 15.7. The van der Waals surface area contributed by atoms with Gasteiger partial charge in [0.25, 0.3) is 0 Å². The van der Waals surface area contributed by atoms with Crippen molar-refractivity contribution in [2.45, 2.75) is 20.8 Å². The Kier molecular flexibility index (Phi) is 6.39. The molecule has 9 heteroatoms. The predicted octanol–water partition coefficient (Wildman–Crippen LogP) is 0.963. The Morgan fingerprint density at radius 1 is 0.625 bits per heavy atom. The summed E-state index contributed by atoms with van der Waals surface area (Å²) < 4.78 is 14.6. The number of hydrogen-bond donors (Lipinski definition) is 3. The van der Waals surface area contributed by atoms with Crippen molar-refractivity contribution in [1.29, 1.82) is 0 Å². The first-order valence-electron chi connectivity index (χ1n) is 7.33. The molecule has 0 aromatic heterocycles. The molecule has 0 saturated heterocycles. The zero-order valence-electron chi connectivity index (χ0n) is 13.8. The zero-order valence-corrected chi connectivity index (χ0v) is 13.8. The van der Waals surface area contributed by atoms with Crippen molar-refractivity contribution in [1.82, 2.24) is 0 Å². The van der Waals surface area contributed by atoms with Gasteiger partial charge in [-0.1, -0.05) is 0 Å². The molecule has 0 unspecified atom stereocenters. The van der Waals surface area contributed by atoms with Crippen LogP contribution in [-0.2, 0) is 14.2 Å². The number of esters is 3.